The first-order valence-electron chi connectivity index (χ1n) is 5.94. The lowest BCUT2D eigenvalue weighted by molar-refractivity contribution is 0.482. The molecule has 1 unspecified atom stereocenters. The van der Waals surface area contributed by atoms with Crippen LogP contribution >= 0.6 is 0 Å². The van der Waals surface area contributed by atoms with E-state index in [2.05, 4.69) is 24.0 Å². The highest BCUT2D eigenvalue weighted by Crippen LogP contribution is 2.20. The summed E-state index contributed by atoms with van der Waals surface area (Å²) in [7, 11) is -3.54. The highest BCUT2D eigenvalue weighted by molar-refractivity contribution is 7.89. The van der Waals surface area contributed by atoms with Crippen molar-refractivity contribution in [1.82, 2.24) is 4.72 Å². The average Bonchev–Trinajstić information content (AvgIpc) is 2.27. The second-order valence-corrected chi connectivity index (χ2v) is 6.47. The van der Waals surface area contributed by atoms with Crippen molar-refractivity contribution >= 4 is 15.7 Å². The molecule has 1 aromatic carbocycles. The number of nitrogens with two attached hydrogens (primary N) is 1. The molecule has 0 aliphatic rings. The van der Waals surface area contributed by atoms with Gasteiger partial charge in [-0.1, -0.05) is 26.0 Å². The molecule has 0 bridgehead atoms. The van der Waals surface area contributed by atoms with Gasteiger partial charge in [-0.25, -0.2) is 13.1 Å². The molecule has 18 heavy (non-hydrogen) atoms. The monoisotopic (exact) mass is 271 g/mol. The maximum absolute atomic E-state index is 12.2. The Balaban J connectivity index is 2.93. The van der Waals surface area contributed by atoms with Gasteiger partial charge in [0.05, 0.1) is 5.69 Å². The number of para-hydroxylation sites is 1. The van der Waals surface area contributed by atoms with Crippen LogP contribution in [0.15, 0.2) is 29.2 Å². The molecule has 0 aromatic heterocycles. The summed E-state index contributed by atoms with van der Waals surface area (Å²) < 4.78 is 27.0. The topological polar surface area (TPSA) is 84.2 Å². The van der Waals surface area contributed by atoms with Gasteiger partial charge in [0, 0.05) is 6.04 Å². The summed E-state index contributed by atoms with van der Waals surface area (Å²) in [4.78, 5) is 0.170. The van der Waals surface area contributed by atoms with Crippen LogP contribution in [-0.4, -0.2) is 14.5 Å². The number of nitrogens with one attached hydrogen (secondary N) is 2. The Hall–Kier alpha value is -1.11. The molecule has 0 aliphatic heterocycles. The van der Waals surface area contributed by atoms with Crippen LogP contribution in [0.25, 0.3) is 0 Å². The molecule has 0 radical (unpaired) electrons. The minimum atomic E-state index is -3.54. The first-order valence-corrected chi connectivity index (χ1v) is 7.43. The van der Waals surface area contributed by atoms with Crippen LogP contribution < -0.4 is 16.0 Å². The van der Waals surface area contributed by atoms with E-state index in [9.17, 15) is 8.42 Å². The largest absolute Gasteiger partial charge is 0.323 e. The molecule has 6 heteroatoms. The van der Waals surface area contributed by atoms with Crippen molar-refractivity contribution in [3.8, 4) is 0 Å². The molecule has 5 nitrogen and oxygen atoms in total. The van der Waals surface area contributed by atoms with E-state index in [1.54, 1.807) is 18.2 Å². The molecule has 1 rings (SSSR count). The fourth-order valence-corrected chi connectivity index (χ4v) is 3.33. The van der Waals surface area contributed by atoms with Crippen LogP contribution in [0.2, 0.25) is 0 Å². The highest BCUT2D eigenvalue weighted by Gasteiger charge is 2.20. The molecule has 0 aliphatic carbocycles. The van der Waals surface area contributed by atoms with Crippen LogP contribution in [0.1, 0.15) is 27.2 Å². The van der Waals surface area contributed by atoms with Gasteiger partial charge in [0.2, 0.25) is 10.0 Å². The number of benzene rings is 1. The maximum atomic E-state index is 12.2. The van der Waals surface area contributed by atoms with Crippen LogP contribution in [-0.2, 0) is 10.0 Å². The van der Waals surface area contributed by atoms with Gasteiger partial charge < -0.3 is 5.43 Å². The predicted octanol–water partition coefficient (Wildman–Crippen LogP) is 1.69. The highest BCUT2D eigenvalue weighted by atomic mass is 32.2. The second-order valence-electron chi connectivity index (χ2n) is 4.79. The van der Waals surface area contributed by atoms with E-state index in [-0.39, 0.29) is 10.9 Å². The van der Waals surface area contributed by atoms with Gasteiger partial charge in [0.1, 0.15) is 4.90 Å². The second kappa shape index (κ2) is 6.17. The quantitative estimate of drug-likeness (QED) is 0.543. The van der Waals surface area contributed by atoms with E-state index in [4.69, 9.17) is 5.84 Å². The third-order valence-electron chi connectivity index (χ3n) is 2.51. The van der Waals surface area contributed by atoms with Crippen molar-refractivity contribution in [2.24, 2.45) is 11.8 Å². The standard InChI is InChI=1S/C12H21N3O2S/c1-9(2)8-10(3)15-18(16,17)12-7-5-4-6-11(12)14-13/h4-7,9-10,14-15H,8,13H2,1-3H3. The molecular formula is C12H21N3O2S. The third-order valence-corrected chi connectivity index (χ3v) is 4.16. The number of sulfonamides is 1. The molecule has 0 spiro atoms. The fourth-order valence-electron chi connectivity index (χ4n) is 1.90. The lowest BCUT2D eigenvalue weighted by Gasteiger charge is -2.17. The zero-order valence-electron chi connectivity index (χ0n) is 11.0. The summed E-state index contributed by atoms with van der Waals surface area (Å²) in [6.45, 7) is 5.97. The molecule has 4 N–H and O–H groups in total. The molecule has 0 saturated heterocycles. The smallest absolute Gasteiger partial charge is 0.242 e. The van der Waals surface area contributed by atoms with Crippen LogP contribution in [0.4, 0.5) is 5.69 Å². The average molecular weight is 271 g/mol. The Morgan fingerprint density at radius 1 is 1.22 bits per heavy atom. The van der Waals surface area contributed by atoms with Crippen molar-refractivity contribution in [3.63, 3.8) is 0 Å². The zero-order chi connectivity index (χ0) is 13.8. The minimum absolute atomic E-state index is 0.110. The van der Waals surface area contributed by atoms with E-state index in [0.29, 0.717) is 11.6 Å². The van der Waals surface area contributed by atoms with Crippen molar-refractivity contribution < 1.29 is 8.42 Å². The minimum Gasteiger partial charge on any atom is -0.323 e. The summed E-state index contributed by atoms with van der Waals surface area (Å²) in [6, 6.07) is 6.44. The number of hydrogen-bond acceptors (Lipinski definition) is 4. The first-order chi connectivity index (χ1) is 8.36. The normalized spacial score (nSPS) is 13.6. The van der Waals surface area contributed by atoms with E-state index >= 15 is 0 Å². The summed E-state index contributed by atoms with van der Waals surface area (Å²) >= 11 is 0. The molecule has 0 saturated carbocycles. The summed E-state index contributed by atoms with van der Waals surface area (Å²) in [6.07, 6.45) is 0.789. The van der Waals surface area contributed by atoms with Gasteiger partial charge >= 0.3 is 0 Å². The van der Waals surface area contributed by atoms with Gasteiger partial charge in [-0.05, 0) is 31.4 Å². The summed E-state index contributed by atoms with van der Waals surface area (Å²) in [5, 5.41) is 0. The Morgan fingerprint density at radius 2 is 1.83 bits per heavy atom. The van der Waals surface area contributed by atoms with E-state index in [1.807, 2.05) is 6.92 Å². The van der Waals surface area contributed by atoms with Crippen LogP contribution in [0.3, 0.4) is 0 Å². The van der Waals surface area contributed by atoms with Gasteiger partial charge in [-0.3, -0.25) is 5.84 Å². The number of hydrogen-bond donors (Lipinski definition) is 3. The van der Waals surface area contributed by atoms with Crippen molar-refractivity contribution in [1.29, 1.82) is 0 Å². The number of hydrazine groups is 1. The SMILES string of the molecule is CC(C)CC(C)NS(=O)(=O)c1ccccc1NN. The number of anilines is 1. The van der Waals surface area contributed by atoms with Crippen LogP contribution in [0.5, 0.6) is 0 Å². The molecule has 0 fully saturated rings. The molecular weight excluding hydrogens is 250 g/mol. The van der Waals surface area contributed by atoms with Gasteiger partial charge in [0.15, 0.2) is 0 Å². The zero-order valence-corrected chi connectivity index (χ0v) is 11.8. The van der Waals surface area contributed by atoms with Gasteiger partial charge in [0.25, 0.3) is 0 Å². The third kappa shape index (κ3) is 3.97. The van der Waals surface area contributed by atoms with Gasteiger partial charge in [-0.15, -0.1) is 0 Å². The first kappa shape index (κ1) is 14.9. The number of rotatable bonds is 6. The van der Waals surface area contributed by atoms with E-state index < -0.39 is 10.0 Å². The Kier molecular flexibility index (Phi) is 5.13. The maximum Gasteiger partial charge on any atom is 0.242 e. The van der Waals surface area contributed by atoms with Crippen LogP contribution in [0, 0.1) is 5.92 Å². The fraction of sp³-hybridized carbons (Fsp3) is 0.500. The molecule has 1 atom stereocenters. The molecule has 0 heterocycles. The van der Waals surface area contributed by atoms with Gasteiger partial charge in [-0.2, -0.15) is 0 Å². The summed E-state index contributed by atoms with van der Waals surface area (Å²) in [5.41, 5.74) is 2.79. The lowest BCUT2D eigenvalue weighted by Crippen LogP contribution is -2.34. The molecule has 1 aromatic rings. The van der Waals surface area contributed by atoms with Crippen molar-refractivity contribution in [2.45, 2.75) is 38.1 Å². The Labute approximate surface area is 109 Å². The lowest BCUT2D eigenvalue weighted by atomic mass is 10.1. The Morgan fingerprint density at radius 3 is 2.39 bits per heavy atom. The Bertz CT molecular complexity index is 486. The molecule has 102 valence electrons. The number of nitrogen functional groups attached to an aromatic ring is 1. The van der Waals surface area contributed by atoms with Crippen molar-refractivity contribution in [3.05, 3.63) is 24.3 Å². The van der Waals surface area contributed by atoms with E-state index in [1.165, 1.54) is 6.07 Å². The predicted molar refractivity (Wildman–Crippen MR) is 73.5 cm³/mol. The van der Waals surface area contributed by atoms with Crippen molar-refractivity contribution in [2.75, 3.05) is 5.43 Å². The molecule has 0 amide bonds. The van der Waals surface area contributed by atoms with E-state index in [0.717, 1.165) is 6.42 Å². The summed E-state index contributed by atoms with van der Waals surface area (Å²) in [5.74, 6) is 5.75.